The summed E-state index contributed by atoms with van der Waals surface area (Å²) in [5.74, 6) is 0.454. The van der Waals surface area contributed by atoms with Crippen LogP contribution in [0.3, 0.4) is 0 Å². The number of Topliss-reactive ketones (excluding diaryl/α,β-unsaturated/α-hetero) is 1. The lowest BCUT2D eigenvalue weighted by Gasteiger charge is -2.25. The first-order chi connectivity index (χ1) is 9.97. The van der Waals surface area contributed by atoms with Crippen molar-refractivity contribution in [2.45, 2.75) is 26.7 Å². The molecule has 0 amide bonds. The Labute approximate surface area is 128 Å². The van der Waals surface area contributed by atoms with Gasteiger partial charge in [-0.25, -0.2) is 4.98 Å². The summed E-state index contributed by atoms with van der Waals surface area (Å²) in [4.78, 5) is 16.6. The Morgan fingerprint density at radius 1 is 1.43 bits per heavy atom. The van der Waals surface area contributed by atoms with Crippen LogP contribution >= 0.6 is 11.3 Å². The maximum atomic E-state index is 12.3. The van der Waals surface area contributed by atoms with Crippen molar-refractivity contribution in [1.82, 2.24) is 4.98 Å². The number of aromatic nitrogens is 1. The minimum Gasteiger partial charge on any atom is -0.375 e. The number of carbonyl (C=O) groups is 1. The Kier molecular flexibility index (Phi) is 3.41. The van der Waals surface area contributed by atoms with E-state index >= 15 is 0 Å². The van der Waals surface area contributed by atoms with E-state index in [0.717, 1.165) is 38.9 Å². The van der Waals surface area contributed by atoms with Crippen LogP contribution in [0.4, 0.5) is 5.13 Å². The zero-order valence-electron chi connectivity index (χ0n) is 12.3. The Morgan fingerprint density at radius 3 is 2.90 bits per heavy atom. The van der Waals surface area contributed by atoms with Gasteiger partial charge in [0, 0.05) is 6.42 Å². The van der Waals surface area contributed by atoms with Crippen molar-refractivity contribution in [3.05, 3.63) is 41.5 Å². The number of nitrogen functional groups attached to an aromatic ring is 1. The number of thiazole rings is 1. The van der Waals surface area contributed by atoms with Crippen molar-refractivity contribution in [2.24, 2.45) is 5.92 Å². The summed E-state index contributed by atoms with van der Waals surface area (Å²) < 4.78 is 1.07. The molecule has 0 bridgehead atoms. The minimum atomic E-state index is 0.221. The molecule has 21 heavy (non-hydrogen) atoms. The summed E-state index contributed by atoms with van der Waals surface area (Å²) >= 11 is 1.48. The van der Waals surface area contributed by atoms with Gasteiger partial charge in [0.15, 0.2) is 10.9 Å². The lowest BCUT2D eigenvalue weighted by Crippen LogP contribution is -2.18. The van der Waals surface area contributed by atoms with E-state index in [1.165, 1.54) is 11.3 Å². The normalized spacial score (nSPS) is 19.3. The molecule has 4 heteroatoms. The molecule has 1 aliphatic rings. The van der Waals surface area contributed by atoms with E-state index in [1.54, 1.807) is 0 Å². The molecule has 3 rings (SSSR count). The number of carbonyl (C=O) groups excluding carboxylic acids is 1. The monoisotopic (exact) mass is 298 g/mol. The first-order valence-electron chi connectivity index (χ1n) is 7.01. The highest BCUT2D eigenvalue weighted by Gasteiger charge is 2.27. The fourth-order valence-corrected chi connectivity index (χ4v) is 3.75. The van der Waals surface area contributed by atoms with Gasteiger partial charge in [-0.2, -0.15) is 0 Å². The first kappa shape index (κ1) is 14.0. The Hall–Kier alpha value is -1.94. The highest BCUT2D eigenvalue weighted by atomic mass is 32.1. The van der Waals surface area contributed by atoms with E-state index in [4.69, 9.17) is 5.73 Å². The van der Waals surface area contributed by atoms with E-state index in [0.29, 0.717) is 11.6 Å². The van der Waals surface area contributed by atoms with E-state index in [-0.39, 0.29) is 11.7 Å². The van der Waals surface area contributed by atoms with Gasteiger partial charge >= 0.3 is 0 Å². The second kappa shape index (κ2) is 5.11. The lowest BCUT2D eigenvalue weighted by molar-refractivity contribution is -0.116. The van der Waals surface area contributed by atoms with Crippen LogP contribution in [-0.4, -0.2) is 10.8 Å². The molecule has 1 aromatic heterocycles. The summed E-state index contributed by atoms with van der Waals surface area (Å²) in [5.41, 5.74) is 10.9. The number of ketones is 1. The molecule has 0 saturated heterocycles. The van der Waals surface area contributed by atoms with Crippen LogP contribution < -0.4 is 5.73 Å². The quantitative estimate of drug-likeness (QED) is 0.845. The van der Waals surface area contributed by atoms with Crippen LogP contribution in [0, 0.1) is 5.92 Å². The first-order valence-corrected chi connectivity index (χ1v) is 7.82. The van der Waals surface area contributed by atoms with Crippen LogP contribution in [0.15, 0.2) is 35.9 Å². The topological polar surface area (TPSA) is 56.0 Å². The van der Waals surface area contributed by atoms with E-state index in [2.05, 4.69) is 17.6 Å². The van der Waals surface area contributed by atoms with E-state index in [9.17, 15) is 4.79 Å². The average molecular weight is 298 g/mol. The third kappa shape index (κ3) is 2.40. The zero-order valence-corrected chi connectivity index (χ0v) is 13.1. The van der Waals surface area contributed by atoms with Crippen molar-refractivity contribution in [3.8, 4) is 0 Å². The molecule has 0 saturated carbocycles. The second-order valence-corrected chi connectivity index (χ2v) is 6.71. The third-order valence-corrected chi connectivity index (χ3v) is 5.14. The van der Waals surface area contributed by atoms with Crippen molar-refractivity contribution < 1.29 is 4.79 Å². The third-order valence-electron chi connectivity index (χ3n) is 4.21. The van der Waals surface area contributed by atoms with Crippen LogP contribution in [-0.2, 0) is 4.79 Å². The van der Waals surface area contributed by atoms with Crippen LogP contribution in [0.1, 0.15) is 32.3 Å². The number of allylic oxidation sites excluding steroid dienone is 3. The molecule has 108 valence electrons. The molecule has 2 aromatic rings. The molecule has 3 nitrogen and oxygen atoms in total. The fraction of sp³-hybridized carbons (Fsp3) is 0.294. The highest BCUT2D eigenvalue weighted by Crippen LogP contribution is 2.40. The molecule has 1 atom stereocenters. The van der Waals surface area contributed by atoms with Gasteiger partial charge in [-0.05, 0) is 49.0 Å². The van der Waals surface area contributed by atoms with Gasteiger partial charge in [0.2, 0.25) is 0 Å². The Morgan fingerprint density at radius 2 is 2.19 bits per heavy atom. The average Bonchev–Trinajstić information content (AvgIpc) is 2.81. The van der Waals surface area contributed by atoms with Crippen molar-refractivity contribution >= 4 is 38.0 Å². The van der Waals surface area contributed by atoms with Crippen molar-refractivity contribution in [2.75, 3.05) is 5.73 Å². The Bertz CT molecular complexity index is 785. The number of hydrogen-bond donors (Lipinski definition) is 1. The van der Waals surface area contributed by atoms with Crippen molar-refractivity contribution in [3.63, 3.8) is 0 Å². The maximum absolute atomic E-state index is 12.3. The van der Waals surface area contributed by atoms with E-state index in [1.807, 2.05) is 26.0 Å². The largest absolute Gasteiger partial charge is 0.375 e. The molecule has 0 spiro atoms. The molecule has 1 unspecified atom stereocenters. The predicted molar refractivity (Wildman–Crippen MR) is 89.2 cm³/mol. The maximum Gasteiger partial charge on any atom is 0.181 e. The standard InChI is InChI=1S/C17H18N2OS/c1-9(2)11-7-13(10(3)15(20)8-11)12-5-4-6-14-16(12)21-17(18)19-14/h4-6,11H,1,7-8H2,2-3H3,(H2,18,19). The van der Waals surface area contributed by atoms with Gasteiger partial charge in [-0.15, -0.1) is 0 Å². The fourth-order valence-electron chi connectivity index (χ4n) is 2.88. The van der Waals surface area contributed by atoms with Gasteiger partial charge in [0.25, 0.3) is 0 Å². The SMILES string of the molecule is C=C(C)C1CC(=O)C(C)=C(c2cccc3nc(N)sc23)C1. The van der Waals surface area contributed by atoms with Gasteiger partial charge in [0.05, 0.1) is 10.2 Å². The number of rotatable bonds is 2. The molecule has 1 heterocycles. The van der Waals surface area contributed by atoms with Gasteiger partial charge in [-0.1, -0.05) is 35.6 Å². The number of hydrogen-bond acceptors (Lipinski definition) is 4. The number of nitrogens with two attached hydrogens (primary N) is 1. The number of fused-ring (bicyclic) bond motifs is 1. The summed E-state index contributed by atoms with van der Waals surface area (Å²) in [6.07, 6.45) is 1.44. The van der Waals surface area contributed by atoms with Crippen LogP contribution in [0.2, 0.25) is 0 Å². The smallest absolute Gasteiger partial charge is 0.181 e. The molecular weight excluding hydrogens is 280 g/mol. The predicted octanol–water partition coefficient (Wildman–Crippen LogP) is 4.21. The molecule has 1 aromatic carbocycles. The molecule has 0 aliphatic heterocycles. The number of benzene rings is 1. The summed E-state index contributed by atoms with van der Waals surface area (Å²) in [7, 11) is 0. The Balaban J connectivity index is 2.18. The summed E-state index contributed by atoms with van der Waals surface area (Å²) in [5, 5.41) is 0.564. The molecule has 2 N–H and O–H groups in total. The van der Waals surface area contributed by atoms with Crippen LogP contribution in [0.25, 0.3) is 15.8 Å². The molecular formula is C17H18N2OS. The molecule has 0 radical (unpaired) electrons. The van der Waals surface area contributed by atoms with Gasteiger partial charge in [-0.3, -0.25) is 4.79 Å². The lowest BCUT2D eigenvalue weighted by atomic mass is 9.78. The van der Waals surface area contributed by atoms with Gasteiger partial charge < -0.3 is 5.73 Å². The summed E-state index contributed by atoms with van der Waals surface area (Å²) in [6, 6.07) is 6.00. The summed E-state index contributed by atoms with van der Waals surface area (Å²) in [6.45, 7) is 7.96. The number of anilines is 1. The van der Waals surface area contributed by atoms with Crippen molar-refractivity contribution in [1.29, 1.82) is 0 Å². The second-order valence-electron chi connectivity index (χ2n) is 5.68. The molecule has 0 fully saturated rings. The number of nitrogens with zero attached hydrogens (tertiary/aromatic N) is 1. The zero-order chi connectivity index (χ0) is 15.1. The van der Waals surface area contributed by atoms with E-state index < -0.39 is 0 Å². The minimum absolute atomic E-state index is 0.221. The highest BCUT2D eigenvalue weighted by molar-refractivity contribution is 7.22. The van der Waals surface area contributed by atoms with Crippen LogP contribution in [0.5, 0.6) is 0 Å². The molecule has 1 aliphatic carbocycles. The van der Waals surface area contributed by atoms with Gasteiger partial charge in [0.1, 0.15) is 0 Å².